The van der Waals surface area contributed by atoms with Gasteiger partial charge in [0.05, 0.1) is 0 Å². The topological polar surface area (TPSA) is 120 Å². The van der Waals surface area contributed by atoms with Crippen molar-refractivity contribution in [2.75, 3.05) is 0 Å². The Morgan fingerprint density at radius 1 is 1.21 bits per heavy atom. The number of carbonyl (C=O) groups is 1. The first kappa shape index (κ1) is 22.5. The minimum atomic E-state index is -1.09. The van der Waals surface area contributed by atoms with Crippen molar-refractivity contribution in [1.29, 1.82) is 5.41 Å². The highest BCUT2D eigenvalue weighted by molar-refractivity contribution is 6.30. The van der Waals surface area contributed by atoms with Crippen molar-refractivity contribution in [3.05, 3.63) is 53.6 Å². The molecule has 0 unspecified atom stereocenters. The van der Waals surface area contributed by atoms with Gasteiger partial charge in [-0.2, -0.15) is 0 Å². The third-order valence-corrected chi connectivity index (χ3v) is 6.98. The summed E-state index contributed by atoms with van der Waals surface area (Å²) in [5.74, 6) is 1.99. The molecular formula is C25H27ClN6O2. The van der Waals surface area contributed by atoms with Gasteiger partial charge in [0.2, 0.25) is 5.82 Å². The third kappa shape index (κ3) is 4.55. The van der Waals surface area contributed by atoms with E-state index in [1.54, 1.807) is 6.07 Å². The predicted octanol–water partition coefficient (Wildman–Crippen LogP) is 5.44. The molecule has 0 bridgehead atoms. The lowest BCUT2D eigenvalue weighted by molar-refractivity contribution is 0.207. The fourth-order valence-electron chi connectivity index (χ4n) is 4.84. The Kier molecular flexibility index (Phi) is 6.08. The normalized spacial score (nSPS) is 20.3. The number of amides is 1. The summed E-state index contributed by atoms with van der Waals surface area (Å²) < 4.78 is 7.05. The number of halogens is 1. The van der Waals surface area contributed by atoms with Crippen LogP contribution in [-0.4, -0.2) is 31.5 Å². The molecule has 2 saturated carbocycles. The van der Waals surface area contributed by atoms with Gasteiger partial charge in [0, 0.05) is 23.0 Å². The average Bonchev–Trinajstić information content (AvgIpc) is 3.60. The SMILES string of the molecule is C=CC1CCC(Cn2c(C3CC3)nc3nc(C(=N)OC(N)=O)nc(-c4cccc(Cl)c4)c32)CC1. The number of ether oxygens (including phenoxy) is 1. The van der Waals surface area contributed by atoms with Crippen molar-refractivity contribution in [3.63, 3.8) is 0 Å². The van der Waals surface area contributed by atoms with Gasteiger partial charge < -0.3 is 15.0 Å². The van der Waals surface area contributed by atoms with Crippen LogP contribution in [0.3, 0.4) is 0 Å². The van der Waals surface area contributed by atoms with Crippen molar-refractivity contribution in [2.45, 2.75) is 51.0 Å². The van der Waals surface area contributed by atoms with Gasteiger partial charge >= 0.3 is 6.09 Å². The monoisotopic (exact) mass is 478 g/mol. The molecule has 8 nitrogen and oxygen atoms in total. The Balaban J connectivity index is 1.64. The molecule has 176 valence electrons. The summed E-state index contributed by atoms with van der Waals surface area (Å²) in [5.41, 5.74) is 7.82. The maximum atomic E-state index is 11.2. The van der Waals surface area contributed by atoms with Gasteiger partial charge in [0.15, 0.2) is 5.65 Å². The van der Waals surface area contributed by atoms with Crippen LogP contribution in [0.2, 0.25) is 5.02 Å². The molecule has 0 radical (unpaired) electrons. The molecule has 0 spiro atoms. The van der Waals surface area contributed by atoms with E-state index in [1.165, 1.54) is 0 Å². The largest absolute Gasteiger partial charge is 0.411 e. The number of nitrogens with two attached hydrogens (primary N) is 1. The lowest BCUT2D eigenvalue weighted by Gasteiger charge is -2.27. The molecule has 2 heterocycles. The van der Waals surface area contributed by atoms with E-state index in [0.29, 0.717) is 34.1 Å². The summed E-state index contributed by atoms with van der Waals surface area (Å²) in [6.45, 7) is 4.81. The molecule has 2 aliphatic rings. The van der Waals surface area contributed by atoms with E-state index in [0.717, 1.165) is 62.0 Å². The Hall–Kier alpha value is -3.26. The second-order valence-electron chi connectivity index (χ2n) is 9.20. The van der Waals surface area contributed by atoms with Crippen molar-refractivity contribution in [2.24, 2.45) is 17.6 Å². The van der Waals surface area contributed by atoms with Gasteiger partial charge in [-0.25, -0.2) is 19.7 Å². The van der Waals surface area contributed by atoms with E-state index in [4.69, 9.17) is 32.5 Å². The number of nitrogens with one attached hydrogen (secondary N) is 1. The summed E-state index contributed by atoms with van der Waals surface area (Å²) in [6, 6.07) is 7.40. The molecular weight excluding hydrogens is 452 g/mol. The summed E-state index contributed by atoms with van der Waals surface area (Å²) in [6.07, 6.45) is 7.78. The molecule has 2 fully saturated rings. The molecule has 0 aliphatic heterocycles. The molecule has 34 heavy (non-hydrogen) atoms. The van der Waals surface area contributed by atoms with Crippen LogP contribution in [-0.2, 0) is 11.3 Å². The van der Waals surface area contributed by atoms with E-state index in [-0.39, 0.29) is 5.82 Å². The van der Waals surface area contributed by atoms with Gasteiger partial charge in [0.1, 0.15) is 17.0 Å². The number of carbonyl (C=O) groups excluding carboxylic acids is 1. The van der Waals surface area contributed by atoms with Crippen LogP contribution in [0.1, 0.15) is 56.1 Å². The molecule has 2 aliphatic carbocycles. The fraction of sp³-hybridized carbons (Fsp3) is 0.400. The van der Waals surface area contributed by atoms with Gasteiger partial charge in [-0.1, -0.05) is 29.8 Å². The highest BCUT2D eigenvalue weighted by Crippen LogP contribution is 2.43. The lowest BCUT2D eigenvalue weighted by Crippen LogP contribution is -2.21. The Morgan fingerprint density at radius 2 is 1.97 bits per heavy atom. The van der Waals surface area contributed by atoms with Gasteiger partial charge in [-0.3, -0.25) is 5.41 Å². The smallest absolute Gasteiger partial charge is 0.388 e. The summed E-state index contributed by atoms with van der Waals surface area (Å²) in [4.78, 5) is 25.3. The molecule has 0 saturated heterocycles. The summed E-state index contributed by atoms with van der Waals surface area (Å²) >= 11 is 6.30. The van der Waals surface area contributed by atoms with Crippen LogP contribution < -0.4 is 5.73 Å². The number of allylic oxidation sites excluding steroid dienone is 1. The van der Waals surface area contributed by atoms with E-state index in [1.807, 2.05) is 18.2 Å². The highest BCUT2D eigenvalue weighted by atomic mass is 35.5. The number of nitrogens with zero attached hydrogens (tertiary/aromatic N) is 4. The summed E-state index contributed by atoms with van der Waals surface area (Å²) in [7, 11) is 0. The highest BCUT2D eigenvalue weighted by Gasteiger charge is 2.33. The first-order valence-corrected chi connectivity index (χ1v) is 12.0. The van der Waals surface area contributed by atoms with Crippen LogP contribution in [0.5, 0.6) is 0 Å². The van der Waals surface area contributed by atoms with E-state index < -0.39 is 12.0 Å². The van der Waals surface area contributed by atoms with E-state index in [2.05, 4.69) is 27.2 Å². The zero-order valence-corrected chi connectivity index (χ0v) is 19.6. The molecule has 5 rings (SSSR count). The molecule has 1 amide bonds. The van der Waals surface area contributed by atoms with Gasteiger partial charge in [-0.15, -0.1) is 6.58 Å². The number of aromatic nitrogens is 4. The molecule has 1 aromatic carbocycles. The number of benzene rings is 1. The second-order valence-corrected chi connectivity index (χ2v) is 9.64. The minimum Gasteiger partial charge on any atom is -0.388 e. The maximum absolute atomic E-state index is 11.2. The number of rotatable bonds is 6. The molecule has 0 atom stereocenters. The Labute approximate surface area is 202 Å². The lowest BCUT2D eigenvalue weighted by atomic mass is 9.82. The number of fused-ring (bicyclic) bond motifs is 1. The van der Waals surface area contributed by atoms with Crippen molar-refractivity contribution < 1.29 is 9.53 Å². The molecule has 9 heteroatoms. The number of primary amides is 1. The fourth-order valence-corrected chi connectivity index (χ4v) is 5.03. The van der Waals surface area contributed by atoms with E-state index in [9.17, 15) is 4.79 Å². The molecule has 3 N–H and O–H groups in total. The average molecular weight is 479 g/mol. The second kappa shape index (κ2) is 9.18. The van der Waals surface area contributed by atoms with Crippen molar-refractivity contribution in [3.8, 4) is 11.3 Å². The zero-order chi connectivity index (χ0) is 23.8. The van der Waals surface area contributed by atoms with Crippen LogP contribution in [0.25, 0.3) is 22.4 Å². The first-order chi connectivity index (χ1) is 16.4. The van der Waals surface area contributed by atoms with Crippen LogP contribution >= 0.6 is 11.6 Å². The van der Waals surface area contributed by atoms with Crippen molar-refractivity contribution >= 4 is 34.8 Å². The van der Waals surface area contributed by atoms with Crippen LogP contribution in [0, 0.1) is 17.2 Å². The van der Waals surface area contributed by atoms with E-state index >= 15 is 0 Å². The quantitative estimate of drug-likeness (QED) is 0.278. The maximum Gasteiger partial charge on any atom is 0.411 e. The summed E-state index contributed by atoms with van der Waals surface area (Å²) in [5, 5.41) is 8.69. The van der Waals surface area contributed by atoms with Crippen LogP contribution in [0.4, 0.5) is 4.79 Å². The zero-order valence-electron chi connectivity index (χ0n) is 18.8. The number of imidazole rings is 1. The predicted molar refractivity (Wildman–Crippen MR) is 131 cm³/mol. The third-order valence-electron chi connectivity index (χ3n) is 6.74. The van der Waals surface area contributed by atoms with Gasteiger partial charge in [-0.05, 0) is 62.5 Å². The van der Waals surface area contributed by atoms with Gasteiger partial charge in [0.25, 0.3) is 5.90 Å². The van der Waals surface area contributed by atoms with Crippen LogP contribution in [0.15, 0.2) is 36.9 Å². The Morgan fingerprint density at radius 3 is 2.62 bits per heavy atom. The first-order valence-electron chi connectivity index (χ1n) is 11.7. The molecule has 2 aromatic heterocycles. The molecule has 3 aromatic rings. The van der Waals surface area contributed by atoms with Crippen molar-refractivity contribution in [1.82, 2.24) is 19.5 Å². The standard InChI is InChI=1S/C25H27ClN6O2/c1-2-14-6-8-15(9-7-14)13-32-20-19(17-4-3-5-18(26)12-17)29-23(21(27)34-25(28)33)30-22(20)31-24(32)16-10-11-16/h2-5,12,14-16,27H,1,6-11,13H2,(H2,28,33). The minimum absolute atomic E-state index is 0.0419. The number of hydrogen-bond donors (Lipinski definition) is 2. The number of hydrogen-bond acceptors (Lipinski definition) is 6. The Bertz CT molecular complexity index is 1270.